The monoisotopic (exact) mass is 794 g/mol. The van der Waals surface area contributed by atoms with Gasteiger partial charge in [0.25, 0.3) is 5.91 Å². The molecule has 2 saturated heterocycles. The first-order valence-electron chi connectivity index (χ1n) is 21.0. The standard InChI is InChI=1S/C44H63ClN4O5S/c1-31(2)28-54-44(30-47-22-23-48-20-8-6-12-39(48)27-47)19-9-10-32(3)33(4)55(51,52)46-43(50)35-15-18-42-41(25-35)49(26-36-14-17-40(36)44)21-7-5-11-34-24-38(45)16-13-37(34)29-53-42/h9,13,15-16,18-19,24-25,31-33,36,39-40H,5-8,10-12,14,17,20-23,26-30H2,1-4H3,(H,46,50)/b19-9+/t32-,33+,36-,39+,40+,44-/m0/s1. The maximum absolute atomic E-state index is 13.7. The number of nitrogens with zero attached hydrogens (tertiary/aromatic N) is 3. The average molecular weight is 796 g/mol. The van der Waals surface area contributed by atoms with E-state index in [9.17, 15) is 13.2 Å². The second-order valence-electron chi connectivity index (χ2n) is 17.6. The van der Waals surface area contributed by atoms with Crippen LogP contribution in [0.4, 0.5) is 5.69 Å². The Balaban J connectivity index is 1.28. The van der Waals surface area contributed by atoms with Crippen molar-refractivity contribution in [3.8, 4) is 5.75 Å². The Hall–Kier alpha value is -2.63. The van der Waals surface area contributed by atoms with Crippen LogP contribution in [0, 0.1) is 23.7 Å². The number of rotatable bonds is 5. The van der Waals surface area contributed by atoms with E-state index in [-0.39, 0.29) is 11.8 Å². The largest absolute Gasteiger partial charge is 0.487 e. The molecule has 1 amide bonds. The van der Waals surface area contributed by atoms with Gasteiger partial charge in [0.15, 0.2) is 0 Å². The zero-order valence-electron chi connectivity index (χ0n) is 33.5. The van der Waals surface area contributed by atoms with Gasteiger partial charge in [0.2, 0.25) is 10.0 Å². The van der Waals surface area contributed by atoms with Crippen LogP contribution in [0.25, 0.3) is 0 Å². The van der Waals surface area contributed by atoms with Gasteiger partial charge in [0.1, 0.15) is 18.0 Å². The van der Waals surface area contributed by atoms with Crippen molar-refractivity contribution in [1.29, 1.82) is 0 Å². The Bertz CT molecular complexity index is 1800. The highest BCUT2D eigenvalue weighted by molar-refractivity contribution is 7.90. The maximum atomic E-state index is 13.7. The number of aryl methyl sites for hydroxylation is 1. The number of allylic oxidation sites excluding steroid dienone is 1. The van der Waals surface area contributed by atoms with E-state index in [0.717, 1.165) is 87.6 Å². The average Bonchev–Trinajstić information content (AvgIpc) is 3.17. The third kappa shape index (κ3) is 9.41. The van der Waals surface area contributed by atoms with Gasteiger partial charge in [-0.1, -0.05) is 57.0 Å². The number of carbonyl (C=O) groups is 1. The number of fused-ring (bicyclic) bond motifs is 4. The number of nitrogens with one attached hydrogen (secondary N) is 1. The molecule has 0 unspecified atom stereocenters. The van der Waals surface area contributed by atoms with Gasteiger partial charge in [-0.3, -0.25) is 14.6 Å². The summed E-state index contributed by atoms with van der Waals surface area (Å²) in [6, 6.07) is 12.0. The van der Waals surface area contributed by atoms with Crippen LogP contribution in [0.5, 0.6) is 5.75 Å². The lowest BCUT2D eigenvalue weighted by molar-refractivity contribution is -0.125. The molecule has 7 rings (SSSR count). The second-order valence-corrected chi connectivity index (χ2v) is 20.1. The molecule has 302 valence electrons. The van der Waals surface area contributed by atoms with E-state index in [1.807, 2.05) is 31.2 Å². The van der Waals surface area contributed by atoms with Crippen molar-refractivity contribution in [2.75, 3.05) is 57.3 Å². The van der Waals surface area contributed by atoms with E-state index >= 15 is 0 Å². The summed E-state index contributed by atoms with van der Waals surface area (Å²) in [5.41, 5.74) is 2.94. The van der Waals surface area contributed by atoms with Crippen LogP contribution in [-0.4, -0.2) is 93.4 Å². The van der Waals surface area contributed by atoms with E-state index in [4.69, 9.17) is 21.1 Å². The number of ether oxygens (including phenoxy) is 2. The summed E-state index contributed by atoms with van der Waals surface area (Å²) in [7, 11) is -3.96. The number of benzene rings is 2. The Morgan fingerprint density at radius 2 is 1.80 bits per heavy atom. The van der Waals surface area contributed by atoms with E-state index in [0.29, 0.717) is 48.8 Å². The number of halogens is 1. The van der Waals surface area contributed by atoms with Gasteiger partial charge >= 0.3 is 0 Å². The second kappa shape index (κ2) is 17.5. The zero-order valence-corrected chi connectivity index (χ0v) is 35.1. The van der Waals surface area contributed by atoms with E-state index in [1.54, 1.807) is 13.0 Å². The van der Waals surface area contributed by atoms with E-state index < -0.39 is 26.8 Å². The minimum Gasteiger partial charge on any atom is -0.487 e. The molecule has 1 aliphatic carbocycles. The molecule has 2 bridgehead atoms. The van der Waals surface area contributed by atoms with Crippen molar-refractivity contribution in [3.63, 3.8) is 0 Å². The highest BCUT2D eigenvalue weighted by Crippen LogP contribution is 2.47. The number of amides is 1. The molecule has 6 atom stereocenters. The normalized spacial score (nSPS) is 31.4. The summed E-state index contributed by atoms with van der Waals surface area (Å²) < 4.78 is 43.7. The summed E-state index contributed by atoms with van der Waals surface area (Å²) in [5.74, 6) is 0.891. The lowest BCUT2D eigenvalue weighted by Gasteiger charge is -2.53. The first kappa shape index (κ1) is 40.6. The molecule has 1 N–H and O–H groups in total. The summed E-state index contributed by atoms with van der Waals surface area (Å²) in [4.78, 5) is 21.5. The summed E-state index contributed by atoms with van der Waals surface area (Å²) in [5, 5.41) is -0.0487. The van der Waals surface area contributed by atoms with Crippen LogP contribution in [0.3, 0.4) is 0 Å². The quantitative estimate of drug-likeness (QED) is 0.308. The smallest absolute Gasteiger partial charge is 0.264 e. The van der Waals surface area contributed by atoms with Gasteiger partial charge in [-0.2, -0.15) is 0 Å². The third-order valence-electron chi connectivity index (χ3n) is 13.2. The fourth-order valence-electron chi connectivity index (χ4n) is 9.58. The molecule has 3 fully saturated rings. The van der Waals surface area contributed by atoms with Gasteiger partial charge in [-0.25, -0.2) is 13.1 Å². The first-order valence-corrected chi connectivity index (χ1v) is 23.0. The van der Waals surface area contributed by atoms with Gasteiger partial charge in [-0.15, -0.1) is 0 Å². The predicted octanol–water partition coefficient (Wildman–Crippen LogP) is 7.71. The van der Waals surface area contributed by atoms with E-state index in [1.165, 1.54) is 31.4 Å². The Morgan fingerprint density at radius 3 is 2.60 bits per heavy atom. The highest BCUT2D eigenvalue weighted by atomic mass is 35.5. The van der Waals surface area contributed by atoms with Crippen molar-refractivity contribution >= 4 is 33.2 Å². The zero-order chi connectivity index (χ0) is 38.7. The number of sulfonamides is 1. The predicted molar refractivity (Wildman–Crippen MR) is 222 cm³/mol. The SMILES string of the molecule is CC(C)CO[C@]1(CN2CCN3CCCC[C@@H]3C2)/C=C/C[C@H](C)[C@@H](C)S(=O)(=O)NC(=O)c2ccc3c(c2)N(CCCCc2cc(Cl)ccc2CO3)C[C@@H]2CC[C@H]21. The molecule has 4 aliphatic heterocycles. The van der Waals surface area contributed by atoms with Crippen LogP contribution in [0.2, 0.25) is 5.02 Å². The molecule has 0 radical (unpaired) electrons. The van der Waals surface area contributed by atoms with Gasteiger partial charge < -0.3 is 14.4 Å². The number of piperidine rings is 1. The summed E-state index contributed by atoms with van der Waals surface area (Å²) in [6.07, 6.45) is 14.0. The Kier molecular flexibility index (Phi) is 12.9. The van der Waals surface area contributed by atoms with Crippen LogP contribution < -0.4 is 14.4 Å². The van der Waals surface area contributed by atoms with Crippen molar-refractivity contribution in [2.24, 2.45) is 23.7 Å². The molecular formula is C44H63ClN4O5S. The number of carbonyl (C=O) groups excluding carboxylic acids is 1. The number of anilines is 1. The molecule has 55 heavy (non-hydrogen) atoms. The van der Waals surface area contributed by atoms with Crippen molar-refractivity contribution in [2.45, 2.75) is 109 Å². The summed E-state index contributed by atoms with van der Waals surface area (Å²) >= 11 is 6.44. The molecule has 5 aliphatic rings. The van der Waals surface area contributed by atoms with E-state index in [2.05, 4.69) is 51.5 Å². The third-order valence-corrected chi connectivity index (χ3v) is 15.4. The van der Waals surface area contributed by atoms with Crippen molar-refractivity contribution < 1.29 is 22.7 Å². The lowest BCUT2D eigenvalue weighted by Crippen LogP contribution is -2.61. The molecule has 1 saturated carbocycles. The van der Waals surface area contributed by atoms with Crippen LogP contribution in [0.1, 0.15) is 101 Å². The van der Waals surface area contributed by atoms with Crippen LogP contribution in [-0.2, 0) is 27.8 Å². The number of hydrogen-bond donors (Lipinski definition) is 1. The van der Waals surface area contributed by atoms with Crippen molar-refractivity contribution in [1.82, 2.24) is 14.5 Å². The Morgan fingerprint density at radius 1 is 0.964 bits per heavy atom. The Labute approximate surface area is 335 Å². The summed E-state index contributed by atoms with van der Waals surface area (Å²) in [6.45, 7) is 16.0. The topological polar surface area (TPSA) is 91.4 Å². The molecule has 9 nitrogen and oxygen atoms in total. The molecule has 2 aromatic rings. The first-order chi connectivity index (χ1) is 26.4. The van der Waals surface area contributed by atoms with Crippen LogP contribution in [0.15, 0.2) is 48.6 Å². The molecule has 11 heteroatoms. The fourth-order valence-corrected chi connectivity index (χ4v) is 11.1. The maximum Gasteiger partial charge on any atom is 0.264 e. The minimum atomic E-state index is -3.96. The molecule has 0 aromatic heterocycles. The number of hydrogen-bond acceptors (Lipinski definition) is 8. The van der Waals surface area contributed by atoms with Gasteiger partial charge in [0.05, 0.1) is 17.5 Å². The molecule has 2 aromatic carbocycles. The van der Waals surface area contributed by atoms with Gasteiger partial charge in [0, 0.05) is 55.9 Å². The minimum absolute atomic E-state index is 0.214. The molecule has 4 heterocycles. The molecular weight excluding hydrogens is 732 g/mol. The van der Waals surface area contributed by atoms with Crippen molar-refractivity contribution in [3.05, 3.63) is 70.3 Å². The number of piperazine rings is 1. The highest BCUT2D eigenvalue weighted by Gasteiger charge is 2.49. The molecule has 0 spiro atoms. The van der Waals surface area contributed by atoms with Crippen LogP contribution >= 0.6 is 11.6 Å². The lowest BCUT2D eigenvalue weighted by atomic mass is 9.63. The van der Waals surface area contributed by atoms with Gasteiger partial charge in [-0.05, 0) is 130 Å². The fraction of sp³-hybridized carbons (Fsp3) is 0.659.